The Morgan fingerprint density at radius 3 is 2.70 bits per heavy atom. The lowest BCUT2D eigenvalue weighted by atomic mass is 10.1. The normalized spacial score (nSPS) is 15.0. The molecule has 20 heavy (non-hydrogen) atoms. The second-order valence-corrected chi connectivity index (χ2v) is 4.54. The second kappa shape index (κ2) is 5.17. The van der Waals surface area contributed by atoms with Gasteiger partial charge < -0.3 is 4.74 Å². The molecule has 2 amide bonds. The van der Waals surface area contributed by atoms with Crippen LogP contribution in [0.1, 0.15) is 5.56 Å². The van der Waals surface area contributed by atoms with E-state index >= 15 is 0 Å². The van der Waals surface area contributed by atoms with Crippen molar-refractivity contribution in [1.29, 1.82) is 0 Å². The van der Waals surface area contributed by atoms with Crippen molar-refractivity contribution in [2.45, 2.75) is 0 Å². The number of hydrogen-bond donors (Lipinski definition) is 0. The van der Waals surface area contributed by atoms with Crippen molar-refractivity contribution < 1.29 is 14.3 Å². The predicted octanol–water partition coefficient (Wildman–Crippen LogP) is 2.83. The maximum atomic E-state index is 11.8. The van der Waals surface area contributed by atoms with Crippen molar-refractivity contribution in [3.63, 3.8) is 0 Å². The molecule has 0 unspecified atom stereocenters. The van der Waals surface area contributed by atoms with Gasteiger partial charge in [0.2, 0.25) is 0 Å². The van der Waals surface area contributed by atoms with E-state index in [1.807, 2.05) is 42.5 Å². The number of nitrogens with zero attached hydrogens (tertiary/aromatic N) is 1. The first kappa shape index (κ1) is 12.4. The van der Waals surface area contributed by atoms with Gasteiger partial charge in [0.15, 0.2) is 0 Å². The van der Waals surface area contributed by atoms with Crippen molar-refractivity contribution >= 4 is 28.8 Å². The Hall–Kier alpha value is -2.62. The quantitative estimate of drug-likeness (QED) is 0.786. The average molecular weight is 267 g/mol. The zero-order chi connectivity index (χ0) is 13.9. The van der Waals surface area contributed by atoms with Crippen LogP contribution in [-0.2, 0) is 9.53 Å². The fourth-order valence-corrected chi connectivity index (χ4v) is 2.16. The molecule has 0 atom stereocenters. The molecule has 0 aromatic heterocycles. The maximum absolute atomic E-state index is 11.8. The number of cyclic esters (lactones) is 1. The van der Waals surface area contributed by atoms with Gasteiger partial charge in [0.05, 0.1) is 6.54 Å². The SMILES string of the molecule is O=C(/C=C/c1ccc2ccccc2c1)N1CCOC1=O. The van der Waals surface area contributed by atoms with Gasteiger partial charge in [0, 0.05) is 6.08 Å². The molecule has 1 aliphatic rings. The van der Waals surface area contributed by atoms with Crippen LogP contribution in [0.3, 0.4) is 0 Å². The van der Waals surface area contributed by atoms with Crippen LogP contribution >= 0.6 is 0 Å². The molecule has 1 aliphatic heterocycles. The van der Waals surface area contributed by atoms with Gasteiger partial charge in [-0.25, -0.2) is 9.69 Å². The predicted molar refractivity (Wildman–Crippen MR) is 76.0 cm³/mol. The number of ether oxygens (including phenoxy) is 1. The topological polar surface area (TPSA) is 46.6 Å². The summed E-state index contributed by atoms with van der Waals surface area (Å²) in [5.74, 6) is -0.347. The van der Waals surface area contributed by atoms with E-state index in [1.165, 1.54) is 6.08 Å². The van der Waals surface area contributed by atoms with Crippen LogP contribution in [0.15, 0.2) is 48.5 Å². The molecule has 0 radical (unpaired) electrons. The van der Waals surface area contributed by atoms with E-state index in [2.05, 4.69) is 0 Å². The summed E-state index contributed by atoms with van der Waals surface area (Å²) in [6.07, 6.45) is 2.54. The van der Waals surface area contributed by atoms with Gasteiger partial charge in [-0.1, -0.05) is 36.4 Å². The van der Waals surface area contributed by atoms with Crippen molar-refractivity contribution in [1.82, 2.24) is 4.90 Å². The lowest BCUT2D eigenvalue weighted by molar-refractivity contribution is -0.122. The Morgan fingerprint density at radius 2 is 1.95 bits per heavy atom. The van der Waals surface area contributed by atoms with Crippen LogP contribution in [0.4, 0.5) is 4.79 Å². The summed E-state index contributed by atoms with van der Waals surface area (Å²) in [6, 6.07) is 14.0. The molecule has 2 aromatic carbocycles. The Bertz CT molecular complexity index is 706. The number of fused-ring (bicyclic) bond motifs is 1. The number of benzene rings is 2. The van der Waals surface area contributed by atoms with Crippen molar-refractivity contribution in [2.75, 3.05) is 13.2 Å². The molecule has 4 nitrogen and oxygen atoms in total. The Kier molecular flexibility index (Phi) is 3.21. The maximum Gasteiger partial charge on any atom is 0.416 e. The molecule has 0 N–H and O–H groups in total. The number of hydrogen-bond acceptors (Lipinski definition) is 3. The van der Waals surface area contributed by atoms with E-state index in [0.29, 0.717) is 6.54 Å². The van der Waals surface area contributed by atoms with Gasteiger partial charge in [0.1, 0.15) is 6.61 Å². The average Bonchev–Trinajstić information content (AvgIpc) is 2.91. The lowest BCUT2D eigenvalue weighted by Gasteiger charge is -2.06. The monoisotopic (exact) mass is 267 g/mol. The number of carbonyl (C=O) groups excluding carboxylic acids is 2. The Labute approximate surface area is 116 Å². The van der Waals surface area contributed by atoms with Gasteiger partial charge >= 0.3 is 6.09 Å². The van der Waals surface area contributed by atoms with Gasteiger partial charge in [0.25, 0.3) is 5.91 Å². The molecule has 0 spiro atoms. The second-order valence-electron chi connectivity index (χ2n) is 4.54. The molecule has 4 heteroatoms. The van der Waals surface area contributed by atoms with Crippen LogP contribution < -0.4 is 0 Å². The van der Waals surface area contributed by atoms with Gasteiger partial charge in [-0.05, 0) is 28.5 Å². The molecule has 2 aromatic rings. The van der Waals surface area contributed by atoms with Crippen molar-refractivity contribution in [2.24, 2.45) is 0 Å². The Morgan fingerprint density at radius 1 is 1.15 bits per heavy atom. The van der Waals surface area contributed by atoms with E-state index < -0.39 is 6.09 Å². The third-order valence-electron chi connectivity index (χ3n) is 3.22. The molecule has 0 saturated carbocycles. The third-order valence-corrected chi connectivity index (χ3v) is 3.22. The minimum atomic E-state index is -0.571. The Balaban J connectivity index is 1.80. The summed E-state index contributed by atoms with van der Waals surface area (Å²) in [5.41, 5.74) is 0.921. The largest absolute Gasteiger partial charge is 0.447 e. The summed E-state index contributed by atoms with van der Waals surface area (Å²) in [5, 5.41) is 2.27. The van der Waals surface area contributed by atoms with E-state index in [1.54, 1.807) is 6.08 Å². The fourth-order valence-electron chi connectivity index (χ4n) is 2.16. The van der Waals surface area contributed by atoms with Crippen LogP contribution in [0.5, 0.6) is 0 Å². The summed E-state index contributed by atoms with van der Waals surface area (Å²) in [6.45, 7) is 0.591. The zero-order valence-electron chi connectivity index (χ0n) is 10.8. The third kappa shape index (κ3) is 2.40. The molecular formula is C16H13NO3. The van der Waals surface area contributed by atoms with Crippen molar-refractivity contribution in [3.05, 3.63) is 54.1 Å². The van der Waals surface area contributed by atoms with Gasteiger partial charge in [-0.3, -0.25) is 4.79 Å². The summed E-state index contributed by atoms with van der Waals surface area (Å²) >= 11 is 0. The molecule has 0 aliphatic carbocycles. The molecule has 1 saturated heterocycles. The highest BCUT2D eigenvalue weighted by Crippen LogP contribution is 2.16. The van der Waals surface area contributed by atoms with Gasteiger partial charge in [-0.15, -0.1) is 0 Å². The summed E-state index contributed by atoms with van der Waals surface area (Å²) in [4.78, 5) is 24.2. The molecule has 1 fully saturated rings. The molecule has 1 heterocycles. The molecular weight excluding hydrogens is 254 g/mol. The highest BCUT2D eigenvalue weighted by atomic mass is 16.6. The highest BCUT2D eigenvalue weighted by Gasteiger charge is 2.26. The minimum absolute atomic E-state index is 0.272. The van der Waals surface area contributed by atoms with E-state index in [9.17, 15) is 9.59 Å². The summed E-state index contributed by atoms with van der Waals surface area (Å²) < 4.78 is 4.73. The van der Waals surface area contributed by atoms with Gasteiger partial charge in [-0.2, -0.15) is 0 Å². The fraction of sp³-hybridized carbons (Fsp3) is 0.125. The van der Waals surface area contributed by atoms with E-state index in [-0.39, 0.29) is 12.5 Å². The number of imide groups is 1. The first-order chi connectivity index (χ1) is 9.74. The van der Waals surface area contributed by atoms with Crippen LogP contribution in [-0.4, -0.2) is 30.1 Å². The standard InChI is InChI=1S/C16H13NO3/c18-15(17-9-10-20-16(17)19)8-6-12-5-7-13-3-1-2-4-14(13)11-12/h1-8,11H,9-10H2/b8-6+. The lowest BCUT2D eigenvalue weighted by Crippen LogP contribution is -2.29. The molecule has 3 rings (SSSR count). The van der Waals surface area contributed by atoms with Crippen LogP contribution in [0.2, 0.25) is 0 Å². The number of carbonyl (C=O) groups is 2. The highest BCUT2D eigenvalue weighted by molar-refractivity contribution is 6.01. The number of amides is 2. The molecule has 0 bridgehead atoms. The van der Waals surface area contributed by atoms with E-state index in [0.717, 1.165) is 21.2 Å². The summed E-state index contributed by atoms with van der Waals surface area (Å²) in [7, 11) is 0. The zero-order valence-corrected chi connectivity index (χ0v) is 10.8. The van der Waals surface area contributed by atoms with Crippen LogP contribution in [0, 0.1) is 0 Å². The van der Waals surface area contributed by atoms with Crippen LogP contribution in [0.25, 0.3) is 16.8 Å². The minimum Gasteiger partial charge on any atom is -0.447 e. The molecule has 100 valence electrons. The first-order valence-electron chi connectivity index (χ1n) is 6.39. The van der Waals surface area contributed by atoms with Crippen molar-refractivity contribution in [3.8, 4) is 0 Å². The smallest absolute Gasteiger partial charge is 0.416 e. The van der Waals surface area contributed by atoms with E-state index in [4.69, 9.17) is 4.74 Å². The first-order valence-corrected chi connectivity index (χ1v) is 6.39. The number of rotatable bonds is 2.